The zero-order valence-corrected chi connectivity index (χ0v) is 21.3. The lowest BCUT2D eigenvalue weighted by molar-refractivity contribution is 0.0923. The Morgan fingerprint density at radius 2 is 2.03 bits per heavy atom. The van der Waals surface area contributed by atoms with Crippen molar-refractivity contribution in [3.63, 3.8) is 0 Å². The van der Waals surface area contributed by atoms with Crippen molar-refractivity contribution in [2.24, 2.45) is 0 Å². The Hall–Kier alpha value is -3.57. The second-order valence-corrected chi connectivity index (χ2v) is 10.7. The van der Waals surface area contributed by atoms with Crippen LogP contribution in [0.25, 0.3) is 16.7 Å². The first-order valence-corrected chi connectivity index (χ1v) is 13.0. The summed E-state index contributed by atoms with van der Waals surface area (Å²) in [6.07, 6.45) is 6.08. The number of halogens is 2. The summed E-state index contributed by atoms with van der Waals surface area (Å²) in [5.74, 6) is -0.578. The number of carbonyl (C=O) groups is 2. The van der Waals surface area contributed by atoms with Gasteiger partial charge in [0.2, 0.25) is 0 Å². The van der Waals surface area contributed by atoms with Gasteiger partial charge in [0.1, 0.15) is 12.4 Å². The molecule has 3 aromatic heterocycles. The molecule has 0 radical (unpaired) electrons. The number of rotatable bonds is 8. The number of aromatic amines is 1. The Morgan fingerprint density at radius 3 is 2.72 bits per heavy atom. The van der Waals surface area contributed by atoms with Gasteiger partial charge in [-0.15, -0.1) is 0 Å². The summed E-state index contributed by atoms with van der Waals surface area (Å²) < 4.78 is 26.7. The molecule has 4 aromatic rings. The Labute approximate surface area is 213 Å². The third-order valence-corrected chi connectivity index (χ3v) is 6.76. The lowest BCUT2D eigenvalue weighted by Gasteiger charge is -2.26. The van der Waals surface area contributed by atoms with Crippen LogP contribution < -0.4 is 10.6 Å². The van der Waals surface area contributed by atoms with Gasteiger partial charge in [-0.3, -0.25) is 23.5 Å². The first-order chi connectivity index (χ1) is 17.1. The van der Waals surface area contributed by atoms with E-state index < -0.39 is 34.8 Å². The van der Waals surface area contributed by atoms with Crippen molar-refractivity contribution in [1.29, 1.82) is 0 Å². The number of aromatic nitrogens is 4. The van der Waals surface area contributed by atoms with Crippen LogP contribution >= 0.6 is 11.6 Å². The van der Waals surface area contributed by atoms with Crippen molar-refractivity contribution in [2.75, 3.05) is 17.3 Å². The van der Waals surface area contributed by atoms with Crippen molar-refractivity contribution in [2.45, 2.75) is 26.1 Å². The minimum atomic E-state index is -1.14. The van der Waals surface area contributed by atoms with E-state index in [2.05, 4.69) is 25.8 Å². The quantitative estimate of drug-likeness (QED) is 0.318. The highest BCUT2D eigenvalue weighted by atomic mass is 35.5. The van der Waals surface area contributed by atoms with E-state index in [1.807, 2.05) is 0 Å². The average Bonchev–Trinajstić information content (AvgIpc) is 3.45. The predicted molar refractivity (Wildman–Crippen MR) is 138 cm³/mol. The van der Waals surface area contributed by atoms with Crippen LogP contribution in [0.3, 0.4) is 0 Å². The number of hydrogen-bond donors (Lipinski definition) is 3. The standard InChI is InChI=1S/C24H24ClFN6O3S/c1-24(2,13-36(3)35)30-23(34)19-17(7-6-15-11-28-31-20(15)19)29-22(33)18-9-14(10-26)12-32(18)21-16(25)5-4-8-27-21/h4-9,11-12H,10,13H2,1-3H3,(H,28,31)(H,29,33)(H,30,34). The molecule has 3 heterocycles. The molecule has 188 valence electrons. The van der Waals surface area contributed by atoms with Crippen molar-refractivity contribution in [1.82, 2.24) is 25.1 Å². The molecule has 0 spiro atoms. The predicted octanol–water partition coefficient (Wildman–Crippen LogP) is 4.01. The normalized spacial score (nSPS) is 12.5. The maximum Gasteiger partial charge on any atom is 0.272 e. The van der Waals surface area contributed by atoms with Gasteiger partial charge in [-0.25, -0.2) is 9.37 Å². The molecule has 0 aliphatic rings. The van der Waals surface area contributed by atoms with Crippen LogP contribution in [0.4, 0.5) is 10.1 Å². The smallest absolute Gasteiger partial charge is 0.272 e. The van der Waals surface area contributed by atoms with E-state index in [0.717, 1.165) is 0 Å². The van der Waals surface area contributed by atoms with E-state index >= 15 is 0 Å². The van der Waals surface area contributed by atoms with Gasteiger partial charge >= 0.3 is 0 Å². The molecule has 0 aliphatic carbocycles. The minimum Gasteiger partial charge on any atom is -0.346 e. The fourth-order valence-corrected chi connectivity index (χ4v) is 5.25. The Bertz CT molecular complexity index is 1480. The summed E-state index contributed by atoms with van der Waals surface area (Å²) >= 11 is 6.27. The molecule has 0 bridgehead atoms. The van der Waals surface area contributed by atoms with Crippen molar-refractivity contribution < 1.29 is 18.2 Å². The van der Waals surface area contributed by atoms with Crippen molar-refractivity contribution >= 4 is 50.8 Å². The molecule has 1 atom stereocenters. The summed E-state index contributed by atoms with van der Waals surface area (Å²) in [6, 6.07) is 7.95. The maximum atomic E-state index is 13.5. The van der Waals surface area contributed by atoms with E-state index in [9.17, 15) is 18.2 Å². The van der Waals surface area contributed by atoms with Crippen LogP contribution in [0.2, 0.25) is 5.02 Å². The van der Waals surface area contributed by atoms with Crippen molar-refractivity contribution in [3.05, 3.63) is 70.8 Å². The number of alkyl halides is 1. The van der Waals surface area contributed by atoms with Crippen LogP contribution in [0, 0.1) is 0 Å². The number of benzene rings is 1. The van der Waals surface area contributed by atoms with Gasteiger partial charge in [0, 0.05) is 51.7 Å². The summed E-state index contributed by atoms with van der Waals surface area (Å²) in [5.41, 5.74) is 0.364. The molecule has 1 unspecified atom stereocenters. The van der Waals surface area contributed by atoms with Gasteiger partial charge in [-0.05, 0) is 44.2 Å². The van der Waals surface area contributed by atoms with E-state index in [0.29, 0.717) is 10.9 Å². The molecular weight excluding hydrogens is 507 g/mol. The van der Waals surface area contributed by atoms with Gasteiger partial charge in [0.15, 0.2) is 5.82 Å². The number of carbonyl (C=O) groups excluding carboxylic acids is 2. The number of pyridine rings is 1. The summed E-state index contributed by atoms with van der Waals surface area (Å²) in [5, 5.41) is 13.4. The SMILES string of the molecule is CS(=O)CC(C)(C)NC(=O)c1c(NC(=O)c2cc(CF)cn2-c2ncccc2Cl)ccc2cn[nH]c12. The number of hydrogen-bond acceptors (Lipinski definition) is 5. The highest BCUT2D eigenvalue weighted by Gasteiger charge is 2.27. The molecule has 3 N–H and O–H groups in total. The number of nitrogens with zero attached hydrogens (tertiary/aromatic N) is 3. The third-order valence-electron chi connectivity index (χ3n) is 5.34. The fraction of sp³-hybridized carbons (Fsp3) is 0.250. The highest BCUT2D eigenvalue weighted by molar-refractivity contribution is 7.84. The van der Waals surface area contributed by atoms with Crippen LogP contribution in [0.1, 0.15) is 40.3 Å². The summed E-state index contributed by atoms with van der Waals surface area (Å²) in [7, 11) is -1.14. The molecule has 36 heavy (non-hydrogen) atoms. The molecule has 0 aliphatic heterocycles. The van der Waals surface area contributed by atoms with Gasteiger partial charge in [0.05, 0.1) is 28.0 Å². The van der Waals surface area contributed by atoms with Crippen molar-refractivity contribution in [3.8, 4) is 5.82 Å². The van der Waals surface area contributed by atoms with Gasteiger partial charge in [0.25, 0.3) is 11.8 Å². The molecule has 9 nitrogen and oxygen atoms in total. The molecular formula is C24H24ClFN6O3S. The van der Waals surface area contributed by atoms with Crippen LogP contribution in [-0.2, 0) is 17.5 Å². The second kappa shape index (κ2) is 10.2. The maximum absolute atomic E-state index is 13.5. The zero-order valence-electron chi connectivity index (χ0n) is 19.8. The minimum absolute atomic E-state index is 0.0843. The molecule has 12 heteroatoms. The Kier molecular flexibility index (Phi) is 7.23. The van der Waals surface area contributed by atoms with Crippen LogP contribution in [0.15, 0.2) is 48.9 Å². The Balaban J connectivity index is 1.74. The van der Waals surface area contributed by atoms with Crippen LogP contribution in [0.5, 0.6) is 0 Å². The number of amides is 2. The molecule has 4 rings (SSSR count). The number of anilines is 1. The summed E-state index contributed by atoms with van der Waals surface area (Å²) in [6.45, 7) is 2.73. The third kappa shape index (κ3) is 5.31. The second-order valence-electron chi connectivity index (χ2n) is 8.88. The largest absolute Gasteiger partial charge is 0.346 e. The topological polar surface area (TPSA) is 122 Å². The highest BCUT2D eigenvalue weighted by Crippen LogP contribution is 2.27. The van der Waals surface area contributed by atoms with E-state index in [4.69, 9.17) is 11.6 Å². The zero-order chi connectivity index (χ0) is 26.0. The fourth-order valence-electron chi connectivity index (χ4n) is 3.95. The van der Waals surface area contributed by atoms with E-state index in [-0.39, 0.29) is 39.1 Å². The molecule has 0 saturated carbocycles. The van der Waals surface area contributed by atoms with Gasteiger partial charge in [-0.2, -0.15) is 5.10 Å². The molecule has 0 fully saturated rings. The number of H-pyrrole nitrogens is 1. The Morgan fingerprint density at radius 1 is 1.25 bits per heavy atom. The lowest BCUT2D eigenvalue weighted by Crippen LogP contribution is -2.47. The summed E-state index contributed by atoms with van der Waals surface area (Å²) in [4.78, 5) is 31.0. The van der Waals surface area contributed by atoms with E-state index in [1.165, 1.54) is 23.0 Å². The first kappa shape index (κ1) is 25.5. The lowest BCUT2D eigenvalue weighted by atomic mass is 10.0. The molecule has 1 aromatic carbocycles. The number of fused-ring (bicyclic) bond motifs is 1. The molecule has 2 amide bonds. The van der Waals surface area contributed by atoms with Gasteiger partial charge in [-0.1, -0.05) is 11.6 Å². The van der Waals surface area contributed by atoms with E-state index in [1.54, 1.807) is 50.6 Å². The average molecular weight is 531 g/mol. The monoisotopic (exact) mass is 530 g/mol. The molecule has 0 saturated heterocycles. The first-order valence-electron chi connectivity index (χ1n) is 10.9. The number of nitrogens with one attached hydrogen (secondary N) is 3. The van der Waals surface area contributed by atoms with Gasteiger partial charge < -0.3 is 10.6 Å². The van der Waals surface area contributed by atoms with Crippen LogP contribution in [-0.4, -0.2) is 53.3 Å².